The van der Waals surface area contributed by atoms with E-state index in [2.05, 4.69) is 10.3 Å². The minimum Gasteiger partial charge on any atom is -0.384 e. The molecule has 5 nitrogen and oxygen atoms in total. The molecule has 1 aromatic heterocycles. The molecule has 0 spiro atoms. The van der Waals surface area contributed by atoms with E-state index in [1.54, 1.807) is 12.1 Å². The number of pyridine rings is 1. The van der Waals surface area contributed by atoms with Crippen molar-refractivity contribution in [1.82, 2.24) is 4.98 Å². The maximum absolute atomic E-state index is 11.6. The molecule has 1 heterocycles. The van der Waals surface area contributed by atoms with Gasteiger partial charge in [0.15, 0.2) is 0 Å². The van der Waals surface area contributed by atoms with Crippen LogP contribution < -0.4 is 11.1 Å². The largest absolute Gasteiger partial charge is 0.384 e. The second kappa shape index (κ2) is 4.30. The lowest BCUT2D eigenvalue weighted by Gasteiger charge is -2.17. The SMILES string of the molecule is CC(C)(C)C(=O)Nc1ccc(C(=N)N)cn1. The van der Waals surface area contributed by atoms with E-state index in [4.69, 9.17) is 11.1 Å². The second-order valence-electron chi connectivity index (χ2n) is 4.55. The van der Waals surface area contributed by atoms with Crippen molar-refractivity contribution in [3.63, 3.8) is 0 Å². The Kier molecular flexibility index (Phi) is 3.27. The smallest absolute Gasteiger partial charge is 0.230 e. The minimum atomic E-state index is -0.457. The van der Waals surface area contributed by atoms with Gasteiger partial charge in [-0.15, -0.1) is 0 Å². The van der Waals surface area contributed by atoms with Crippen LogP contribution in [0.1, 0.15) is 26.3 Å². The molecule has 4 N–H and O–H groups in total. The van der Waals surface area contributed by atoms with Crippen LogP contribution in [0.4, 0.5) is 5.82 Å². The summed E-state index contributed by atoms with van der Waals surface area (Å²) in [6.07, 6.45) is 1.46. The highest BCUT2D eigenvalue weighted by Crippen LogP contribution is 2.16. The van der Waals surface area contributed by atoms with E-state index in [9.17, 15) is 4.79 Å². The van der Waals surface area contributed by atoms with Crippen molar-refractivity contribution < 1.29 is 4.79 Å². The Balaban J connectivity index is 2.77. The van der Waals surface area contributed by atoms with Gasteiger partial charge in [0, 0.05) is 17.2 Å². The number of aromatic nitrogens is 1. The number of hydrogen-bond donors (Lipinski definition) is 3. The summed E-state index contributed by atoms with van der Waals surface area (Å²) in [7, 11) is 0. The summed E-state index contributed by atoms with van der Waals surface area (Å²) in [6, 6.07) is 3.27. The van der Waals surface area contributed by atoms with Crippen LogP contribution in [0.15, 0.2) is 18.3 Å². The van der Waals surface area contributed by atoms with Crippen LogP contribution in [0, 0.1) is 10.8 Å². The number of rotatable bonds is 2. The zero-order chi connectivity index (χ0) is 12.3. The molecule has 86 valence electrons. The Labute approximate surface area is 94.6 Å². The van der Waals surface area contributed by atoms with Gasteiger partial charge in [0.05, 0.1) is 0 Å². The Morgan fingerprint density at radius 3 is 2.44 bits per heavy atom. The number of nitrogens with zero attached hydrogens (tertiary/aromatic N) is 1. The third kappa shape index (κ3) is 3.05. The lowest BCUT2D eigenvalue weighted by atomic mass is 9.96. The fraction of sp³-hybridized carbons (Fsp3) is 0.364. The van der Waals surface area contributed by atoms with E-state index in [0.717, 1.165) is 0 Å². The van der Waals surface area contributed by atoms with Crippen LogP contribution in [0.2, 0.25) is 0 Å². The zero-order valence-electron chi connectivity index (χ0n) is 9.66. The van der Waals surface area contributed by atoms with Crippen LogP contribution in [-0.2, 0) is 4.79 Å². The maximum atomic E-state index is 11.6. The molecule has 5 heteroatoms. The molecule has 0 aliphatic carbocycles. The fourth-order valence-corrected chi connectivity index (χ4v) is 0.931. The fourth-order valence-electron chi connectivity index (χ4n) is 0.931. The summed E-state index contributed by atoms with van der Waals surface area (Å²) in [4.78, 5) is 15.6. The molecule has 0 aliphatic heterocycles. The van der Waals surface area contributed by atoms with Crippen LogP contribution in [0.25, 0.3) is 0 Å². The number of nitrogens with two attached hydrogens (primary N) is 1. The van der Waals surface area contributed by atoms with Gasteiger partial charge in [0.2, 0.25) is 5.91 Å². The van der Waals surface area contributed by atoms with Crippen LogP contribution in [-0.4, -0.2) is 16.7 Å². The summed E-state index contributed by atoms with van der Waals surface area (Å²) >= 11 is 0. The predicted molar refractivity (Wildman–Crippen MR) is 63.3 cm³/mol. The molecule has 1 aromatic rings. The lowest BCUT2D eigenvalue weighted by Crippen LogP contribution is -2.28. The van der Waals surface area contributed by atoms with E-state index in [1.807, 2.05) is 20.8 Å². The third-order valence-corrected chi connectivity index (χ3v) is 2.00. The number of hydrogen-bond acceptors (Lipinski definition) is 3. The number of amidine groups is 1. The number of carbonyl (C=O) groups excluding carboxylic acids is 1. The quantitative estimate of drug-likeness (QED) is 0.519. The highest BCUT2D eigenvalue weighted by molar-refractivity contribution is 5.96. The zero-order valence-corrected chi connectivity index (χ0v) is 9.66. The lowest BCUT2D eigenvalue weighted by molar-refractivity contribution is -0.123. The number of anilines is 1. The minimum absolute atomic E-state index is 0.0406. The molecule has 1 rings (SSSR count). The second-order valence-corrected chi connectivity index (χ2v) is 4.55. The van der Waals surface area contributed by atoms with Crippen molar-refractivity contribution >= 4 is 17.6 Å². The van der Waals surface area contributed by atoms with Gasteiger partial charge in [-0.2, -0.15) is 0 Å². The van der Waals surface area contributed by atoms with Crippen molar-refractivity contribution in [2.24, 2.45) is 11.1 Å². The molecular formula is C11H16N4O. The van der Waals surface area contributed by atoms with E-state index in [0.29, 0.717) is 11.4 Å². The van der Waals surface area contributed by atoms with E-state index in [-0.39, 0.29) is 11.7 Å². The molecule has 0 aromatic carbocycles. The Morgan fingerprint density at radius 1 is 1.44 bits per heavy atom. The van der Waals surface area contributed by atoms with Gasteiger partial charge in [-0.3, -0.25) is 10.2 Å². The van der Waals surface area contributed by atoms with Gasteiger partial charge in [0.25, 0.3) is 0 Å². The molecule has 16 heavy (non-hydrogen) atoms. The van der Waals surface area contributed by atoms with Crippen molar-refractivity contribution in [3.05, 3.63) is 23.9 Å². The van der Waals surface area contributed by atoms with Crippen molar-refractivity contribution in [2.45, 2.75) is 20.8 Å². The van der Waals surface area contributed by atoms with E-state index >= 15 is 0 Å². The monoisotopic (exact) mass is 220 g/mol. The van der Waals surface area contributed by atoms with Gasteiger partial charge in [-0.25, -0.2) is 4.98 Å². The predicted octanol–water partition coefficient (Wildman–Crippen LogP) is 1.35. The van der Waals surface area contributed by atoms with Crippen LogP contribution >= 0.6 is 0 Å². The van der Waals surface area contributed by atoms with Crippen molar-refractivity contribution in [2.75, 3.05) is 5.32 Å². The number of nitrogens with one attached hydrogen (secondary N) is 2. The first kappa shape index (κ1) is 12.2. The Hall–Kier alpha value is -1.91. The summed E-state index contributed by atoms with van der Waals surface area (Å²) in [5, 5.41) is 9.88. The maximum Gasteiger partial charge on any atom is 0.230 e. The molecule has 1 amide bonds. The molecule has 0 unspecified atom stereocenters. The average Bonchev–Trinajstić information content (AvgIpc) is 2.17. The summed E-state index contributed by atoms with van der Waals surface area (Å²) in [6.45, 7) is 5.48. The molecule has 0 bridgehead atoms. The molecule has 0 fully saturated rings. The molecule has 0 atom stereocenters. The molecule has 0 aliphatic rings. The first-order valence-corrected chi connectivity index (χ1v) is 4.92. The third-order valence-electron chi connectivity index (χ3n) is 2.00. The van der Waals surface area contributed by atoms with Gasteiger partial charge < -0.3 is 11.1 Å². The Bertz CT molecular complexity index is 403. The van der Waals surface area contributed by atoms with Gasteiger partial charge in [0.1, 0.15) is 11.7 Å². The average molecular weight is 220 g/mol. The Morgan fingerprint density at radius 2 is 2.06 bits per heavy atom. The standard InChI is InChI=1S/C11H16N4O/c1-11(2,3)10(16)15-8-5-4-7(6-14-8)9(12)13/h4-6H,1-3H3,(H3,12,13)(H,14,15,16). The van der Waals surface area contributed by atoms with Crippen LogP contribution in [0.5, 0.6) is 0 Å². The number of carbonyl (C=O) groups is 1. The summed E-state index contributed by atoms with van der Waals surface area (Å²) in [5.74, 6) is 0.321. The van der Waals surface area contributed by atoms with Gasteiger partial charge >= 0.3 is 0 Å². The highest BCUT2D eigenvalue weighted by atomic mass is 16.2. The topological polar surface area (TPSA) is 91.9 Å². The summed E-state index contributed by atoms with van der Waals surface area (Å²) < 4.78 is 0. The first-order valence-electron chi connectivity index (χ1n) is 4.92. The van der Waals surface area contributed by atoms with Crippen molar-refractivity contribution in [3.8, 4) is 0 Å². The summed E-state index contributed by atoms with van der Waals surface area (Å²) in [5.41, 5.74) is 5.37. The molecular weight excluding hydrogens is 204 g/mol. The van der Waals surface area contributed by atoms with Gasteiger partial charge in [-0.05, 0) is 12.1 Å². The molecule has 0 saturated carbocycles. The van der Waals surface area contributed by atoms with E-state index < -0.39 is 5.41 Å². The van der Waals surface area contributed by atoms with Gasteiger partial charge in [-0.1, -0.05) is 20.8 Å². The highest BCUT2D eigenvalue weighted by Gasteiger charge is 2.21. The number of amides is 1. The number of nitrogen functional groups attached to an aromatic ring is 1. The van der Waals surface area contributed by atoms with Crippen LogP contribution in [0.3, 0.4) is 0 Å². The normalized spacial score (nSPS) is 10.9. The van der Waals surface area contributed by atoms with E-state index in [1.165, 1.54) is 6.20 Å². The van der Waals surface area contributed by atoms with Crippen molar-refractivity contribution in [1.29, 1.82) is 5.41 Å². The molecule has 0 saturated heterocycles. The molecule has 0 radical (unpaired) electrons. The first-order chi connectivity index (χ1) is 7.30.